The summed E-state index contributed by atoms with van der Waals surface area (Å²) in [6.45, 7) is 4.20. The van der Waals surface area contributed by atoms with Crippen LogP contribution in [-0.2, 0) is 16.9 Å². The van der Waals surface area contributed by atoms with Crippen molar-refractivity contribution in [3.63, 3.8) is 0 Å². The molecule has 0 spiro atoms. The fourth-order valence-electron chi connectivity index (χ4n) is 3.89. The van der Waals surface area contributed by atoms with Crippen LogP contribution in [0.4, 0.5) is 4.79 Å². The lowest BCUT2D eigenvalue weighted by Gasteiger charge is -2.28. The Morgan fingerprint density at radius 3 is 2.33 bits per heavy atom. The van der Waals surface area contributed by atoms with Gasteiger partial charge in [-0.05, 0) is 53.8 Å². The molecule has 0 bridgehead atoms. The topological polar surface area (TPSA) is 58.6 Å². The van der Waals surface area contributed by atoms with Crippen LogP contribution in [0.5, 0.6) is 5.75 Å². The van der Waals surface area contributed by atoms with Gasteiger partial charge in [0.1, 0.15) is 5.75 Å². The van der Waals surface area contributed by atoms with Gasteiger partial charge in [0.2, 0.25) is 0 Å². The van der Waals surface area contributed by atoms with Gasteiger partial charge in [-0.2, -0.15) is 0 Å². The van der Waals surface area contributed by atoms with Crippen molar-refractivity contribution in [1.29, 1.82) is 0 Å². The third kappa shape index (κ3) is 3.22. The smallest absolute Gasteiger partial charge is 0.325 e. The summed E-state index contributed by atoms with van der Waals surface area (Å²) in [5.41, 5.74) is 3.25. The Hall–Kier alpha value is -3.60. The van der Waals surface area contributed by atoms with Crippen molar-refractivity contribution >= 4 is 11.9 Å². The van der Waals surface area contributed by atoms with Crippen LogP contribution in [0.2, 0.25) is 0 Å². The highest BCUT2D eigenvalue weighted by atomic mass is 16.5. The van der Waals surface area contributed by atoms with Crippen LogP contribution in [0.1, 0.15) is 27.8 Å². The van der Waals surface area contributed by atoms with Crippen LogP contribution in [0.3, 0.4) is 0 Å². The summed E-state index contributed by atoms with van der Waals surface area (Å²) in [6.07, 6.45) is 0. The molecule has 30 heavy (non-hydrogen) atoms. The quantitative estimate of drug-likeness (QED) is 0.650. The van der Waals surface area contributed by atoms with Crippen molar-refractivity contribution in [2.24, 2.45) is 0 Å². The molecule has 3 aromatic rings. The van der Waals surface area contributed by atoms with Gasteiger partial charge in [-0.15, -0.1) is 0 Å². The van der Waals surface area contributed by atoms with E-state index in [0.29, 0.717) is 5.75 Å². The Bertz CT molecular complexity index is 1110. The Morgan fingerprint density at radius 1 is 0.867 bits per heavy atom. The fraction of sp³-hybridized carbons (Fsp3) is 0.200. The molecule has 0 radical (unpaired) electrons. The van der Waals surface area contributed by atoms with E-state index in [1.54, 1.807) is 7.11 Å². The van der Waals surface area contributed by atoms with E-state index in [4.69, 9.17) is 4.74 Å². The number of imide groups is 1. The maximum atomic E-state index is 13.8. The fourth-order valence-corrected chi connectivity index (χ4v) is 3.89. The number of nitrogens with zero attached hydrogens (tertiary/aromatic N) is 1. The molecule has 0 aromatic heterocycles. The zero-order valence-electron chi connectivity index (χ0n) is 17.3. The van der Waals surface area contributed by atoms with E-state index < -0.39 is 11.6 Å². The standard InChI is InChI=1S/C25H24N2O3/c1-17-12-13-21(14-18(17)2)25(20-9-5-4-6-10-20)23(28)27(24(29)26-25)16-19-8-7-11-22(15-19)30-3/h4-15H,16H2,1-3H3,(H,26,29). The molecule has 0 saturated carbocycles. The molecule has 1 saturated heterocycles. The first kappa shape index (κ1) is 19.7. The molecule has 1 aliphatic heterocycles. The number of urea groups is 1. The lowest BCUT2D eigenvalue weighted by atomic mass is 9.81. The molecule has 152 valence electrons. The number of methoxy groups -OCH3 is 1. The summed E-state index contributed by atoms with van der Waals surface area (Å²) in [6, 6.07) is 22.3. The molecule has 3 aromatic carbocycles. The average Bonchev–Trinajstić information content (AvgIpc) is 3.02. The normalized spacial score (nSPS) is 18.4. The molecule has 1 aliphatic rings. The molecular weight excluding hydrogens is 376 g/mol. The number of amides is 3. The molecule has 5 nitrogen and oxygen atoms in total. The predicted octanol–water partition coefficient (Wildman–Crippen LogP) is 4.31. The highest BCUT2D eigenvalue weighted by Gasteiger charge is 2.53. The Labute approximate surface area is 176 Å². The maximum Gasteiger partial charge on any atom is 0.325 e. The van der Waals surface area contributed by atoms with Gasteiger partial charge in [-0.3, -0.25) is 9.69 Å². The number of hydrogen-bond acceptors (Lipinski definition) is 3. The number of hydrogen-bond donors (Lipinski definition) is 1. The van der Waals surface area contributed by atoms with Gasteiger partial charge in [0.15, 0.2) is 5.54 Å². The minimum absolute atomic E-state index is 0.168. The van der Waals surface area contributed by atoms with E-state index in [1.165, 1.54) is 4.90 Å². The Balaban J connectivity index is 1.80. The summed E-state index contributed by atoms with van der Waals surface area (Å²) in [5.74, 6) is 0.396. The number of nitrogens with one attached hydrogen (secondary N) is 1. The molecule has 1 heterocycles. The van der Waals surface area contributed by atoms with Crippen LogP contribution < -0.4 is 10.1 Å². The largest absolute Gasteiger partial charge is 0.497 e. The highest BCUT2D eigenvalue weighted by Crippen LogP contribution is 2.37. The average molecular weight is 400 g/mol. The minimum atomic E-state index is -1.25. The van der Waals surface area contributed by atoms with Gasteiger partial charge in [0.25, 0.3) is 5.91 Å². The first-order valence-corrected chi connectivity index (χ1v) is 9.86. The van der Waals surface area contributed by atoms with Crippen LogP contribution >= 0.6 is 0 Å². The number of carbonyl (C=O) groups excluding carboxylic acids is 2. The van der Waals surface area contributed by atoms with E-state index in [-0.39, 0.29) is 12.5 Å². The zero-order valence-corrected chi connectivity index (χ0v) is 17.3. The lowest BCUT2D eigenvalue weighted by molar-refractivity contribution is -0.130. The SMILES string of the molecule is COc1cccc(CN2C(=O)NC(c3ccccc3)(c3ccc(C)c(C)c3)C2=O)c1. The number of ether oxygens (including phenoxy) is 1. The van der Waals surface area contributed by atoms with Crippen molar-refractivity contribution in [3.8, 4) is 5.75 Å². The lowest BCUT2D eigenvalue weighted by Crippen LogP contribution is -2.45. The van der Waals surface area contributed by atoms with Gasteiger partial charge in [0, 0.05) is 0 Å². The highest BCUT2D eigenvalue weighted by molar-refractivity contribution is 6.09. The number of carbonyl (C=O) groups is 2. The Kier molecular flexibility index (Phi) is 5.04. The Morgan fingerprint density at radius 2 is 1.63 bits per heavy atom. The van der Waals surface area contributed by atoms with Crippen molar-refractivity contribution in [2.75, 3.05) is 7.11 Å². The second kappa shape index (κ2) is 7.67. The molecule has 1 atom stereocenters. The van der Waals surface area contributed by atoms with Gasteiger partial charge in [-0.1, -0.05) is 60.7 Å². The second-order valence-electron chi connectivity index (χ2n) is 7.59. The minimum Gasteiger partial charge on any atom is -0.497 e. The van der Waals surface area contributed by atoms with E-state index in [2.05, 4.69) is 5.32 Å². The second-order valence-corrected chi connectivity index (χ2v) is 7.59. The number of aryl methyl sites for hydroxylation is 2. The van der Waals surface area contributed by atoms with Crippen molar-refractivity contribution in [1.82, 2.24) is 10.2 Å². The zero-order chi connectivity index (χ0) is 21.3. The van der Waals surface area contributed by atoms with Gasteiger partial charge < -0.3 is 10.1 Å². The summed E-state index contributed by atoms with van der Waals surface area (Å²) in [4.78, 5) is 28.1. The predicted molar refractivity (Wildman–Crippen MR) is 115 cm³/mol. The van der Waals surface area contributed by atoms with E-state index >= 15 is 0 Å². The molecule has 3 amide bonds. The van der Waals surface area contributed by atoms with Crippen LogP contribution in [-0.4, -0.2) is 23.9 Å². The van der Waals surface area contributed by atoms with Crippen molar-refractivity contribution in [2.45, 2.75) is 25.9 Å². The molecule has 4 rings (SSSR count). The van der Waals surface area contributed by atoms with Crippen LogP contribution in [0.15, 0.2) is 72.8 Å². The molecule has 5 heteroatoms. The molecule has 0 aliphatic carbocycles. The number of rotatable bonds is 5. The van der Waals surface area contributed by atoms with E-state index in [9.17, 15) is 9.59 Å². The van der Waals surface area contributed by atoms with E-state index in [0.717, 1.165) is 27.8 Å². The first-order valence-electron chi connectivity index (χ1n) is 9.86. The van der Waals surface area contributed by atoms with Gasteiger partial charge >= 0.3 is 6.03 Å². The van der Waals surface area contributed by atoms with Crippen LogP contribution in [0, 0.1) is 13.8 Å². The first-order chi connectivity index (χ1) is 14.5. The van der Waals surface area contributed by atoms with Crippen LogP contribution in [0.25, 0.3) is 0 Å². The summed E-state index contributed by atoms with van der Waals surface area (Å²) in [5, 5.41) is 3.00. The summed E-state index contributed by atoms with van der Waals surface area (Å²) in [7, 11) is 1.59. The van der Waals surface area contributed by atoms with Gasteiger partial charge in [0.05, 0.1) is 13.7 Å². The molecular formula is C25H24N2O3. The molecule has 1 fully saturated rings. The summed E-state index contributed by atoms with van der Waals surface area (Å²) < 4.78 is 5.27. The van der Waals surface area contributed by atoms with Gasteiger partial charge in [-0.25, -0.2) is 4.79 Å². The van der Waals surface area contributed by atoms with E-state index in [1.807, 2.05) is 86.6 Å². The summed E-state index contributed by atoms with van der Waals surface area (Å²) >= 11 is 0. The third-order valence-corrected chi connectivity index (χ3v) is 5.73. The maximum absolute atomic E-state index is 13.8. The molecule has 1 N–H and O–H groups in total. The van der Waals surface area contributed by atoms with Crippen molar-refractivity contribution in [3.05, 3.63) is 101 Å². The van der Waals surface area contributed by atoms with Crippen molar-refractivity contribution < 1.29 is 14.3 Å². The third-order valence-electron chi connectivity index (χ3n) is 5.73. The monoisotopic (exact) mass is 400 g/mol. The molecule has 1 unspecified atom stereocenters. The number of benzene rings is 3.